The van der Waals surface area contributed by atoms with Gasteiger partial charge in [-0.05, 0) is 19.1 Å². The predicted octanol–water partition coefficient (Wildman–Crippen LogP) is 1.83. The summed E-state index contributed by atoms with van der Waals surface area (Å²) in [6.07, 6.45) is 3.04. The summed E-state index contributed by atoms with van der Waals surface area (Å²) in [4.78, 5) is 35.8. The van der Waals surface area contributed by atoms with Crippen LogP contribution in [0.5, 0.6) is 0 Å². The molecule has 0 saturated carbocycles. The molecule has 7 heteroatoms. The van der Waals surface area contributed by atoms with E-state index in [2.05, 4.69) is 15.3 Å². The maximum absolute atomic E-state index is 12.5. The van der Waals surface area contributed by atoms with Gasteiger partial charge in [-0.15, -0.1) is 0 Å². The molecule has 1 aliphatic heterocycles. The molecule has 25 heavy (non-hydrogen) atoms. The van der Waals surface area contributed by atoms with Crippen LogP contribution in [0.1, 0.15) is 23.0 Å². The van der Waals surface area contributed by atoms with Crippen LogP contribution >= 0.6 is 0 Å². The van der Waals surface area contributed by atoms with Crippen LogP contribution in [0.2, 0.25) is 0 Å². The molecule has 0 aliphatic carbocycles. The first-order chi connectivity index (χ1) is 12.0. The smallest absolute Gasteiger partial charge is 0.274 e. The lowest BCUT2D eigenvalue weighted by molar-refractivity contribution is -0.130. The Bertz CT molecular complexity index is 750. The van der Waals surface area contributed by atoms with E-state index in [1.807, 2.05) is 31.2 Å². The highest BCUT2D eigenvalue weighted by Gasteiger charge is 2.24. The molecule has 1 aromatic heterocycles. The van der Waals surface area contributed by atoms with Crippen molar-refractivity contribution in [2.75, 3.05) is 31.5 Å². The van der Waals surface area contributed by atoms with Crippen LogP contribution in [0.3, 0.4) is 0 Å². The fraction of sp³-hybridized carbons (Fsp3) is 0.333. The highest BCUT2D eigenvalue weighted by Crippen LogP contribution is 2.15. The minimum absolute atomic E-state index is 0.0402. The SMILES string of the molecule is CC(=O)N1CCN(C(=O)c2cnc(Nc3ccc(C)cc3)cn2)CC1. The van der Waals surface area contributed by atoms with Gasteiger partial charge in [-0.3, -0.25) is 9.59 Å². The number of amides is 2. The summed E-state index contributed by atoms with van der Waals surface area (Å²) in [6.45, 7) is 5.72. The van der Waals surface area contributed by atoms with Crippen LogP contribution in [0.25, 0.3) is 0 Å². The number of hydrogen-bond acceptors (Lipinski definition) is 5. The molecule has 0 spiro atoms. The number of aryl methyl sites for hydroxylation is 1. The van der Waals surface area contributed by atoms with E-state index in [-0.39, 0.29) is 11.8 Å². The summed E-state index contributed by atoms with van der Waals surface area (Å²) in [5.74, 6) is 0.470. The van der Waals surface area contributed by atoms with E-state index in [0.717, 1.165) is 5.69 Å². The Morgan fingerprint density at radius 1 is 0.960 bits per heavy atom. The van der Waals surface area contributed by atoms with Gasteiger partial charge < -0.3 is 15.1 Å². The van der Waals surface area contributed by atoms with Crippen LogP contribution < -0.4 is 5.32 Å². The molecule has 3 rings (SSSR count). The first kappa shape index (κ1) is 16.9. The molecular weight excluding hydrogens is 318 g/mol. The average Bonchev–Trinajstić information content (AvgIpc) is 2.64. The highest BCUT2D eigenvalue weighted by atomic mass is 16.2. The van der Waals surface area contributed by atoms with Crippen molar-refractivity contribution in [1.82, 2.24) is 19.8 Å². The summed E-state index contributed by atoms with van der Waals surface area (Å²) < 4.78 is 0. The number of anilines is 2. The molecule has 1 saturated heterocycles. The zero-order valence-corrected chi connectivity index (χ0v) is 14.4. The van der Waals surface area contributed by atoms with E-state index in [4.69, 9.17) is 0 Å². The monoisotopic (exact) mass is 339 g/mol. The van der Waals surface area contributed by atoms with E-state index in [1.165, 1.54) is 11.8 Å². The number of carbonyl (C=O) groups is 2. The van der Waals surface area contributed by atoms with Crippen molar-refractivity contribution in [3.05, 3.63) is 47.9 Å². The van der Waals surface area contributed by atoms with Gasteiger partial charge in [-0.1, -0.05) is 17.7 Å². The van der Waals surface area contributed by atoms with Crippen molar-refractivity contribution >= 4 is 23.3 Å². The maximum Gasteiger partial charge on any atom is 0.274 e. The molecule has 0 atom stereocenters. The lowest BCUT2D eigenvalue weighted by Gasteiger charge is -2.33. The number of nitrogens with zero attached hydrogens (tertiary/aromatic N) is 4. The molecule has 1 aliphatic rings. The molecule has 1 fully saturated rings. The number of piperazine rings is 1. The molecule has 130 valence electrons. The number of rotatable bonds is 3. The standard InChI is InChI=1S/C18H21N5O2/c1-13-3-5-15(6-4-13)21-17-12-19-16(11-20-17)18(25)23-9-7-22(8-10-23)14(2)24/h3-6,11-12H,7-10H2,1-2H3,(H,20,21). The van der Waals surface area contributed by atoms with Crippen LogP contribution in [0.4, 0.5) is 11.5 Å². The van der Waals surface area contributed by atoms with Crippen molar-refractivity contribution in [2.24, 2.45) is 0 Å². The topological polar surface area (TPSA) is 78.4 Å². The Balaban J connectivity index is 1.61. The molecule has 0 radical (unpaired) electrons. The Morgan fingerprint density at radius 2 is 1.60 bits per heavy atom. The van der Waals surface area contributed by atoms with E-state index in [9.17, 15) is 9.59 Å². The minimum Gasteiger partial charge on any atom is -0.339 e. The lowest BCUT2D eigenvalue weighted by atomic mass is 10.2. The van der Waals surface area contributed by atoms with Gasteiger partial charge in [0.2, 0.25) is 5.91 Å². The van der Waals surface area contributed by atoms with E-state index in [1.54, 1.807) is 22.9 Å². The Morgan fingerprint density at radius 3 is 2.16 bits per heavy atom. The van der Waals surface area contributed by atoms with Gasteiger partial charge >= 0.3 is 0 Å². The Kier molecular flexibility index (Phi) is 4.92. The fourth-order valence-electron chi connectivity index (χ4n) is 2.67. The van der Waals surface area contributed by atoms with Gasteiger partial charge in [0.25, 0.3) is 5.91 Å². The van der Waals surface area contributed by atoms with Gasteiger partial charge in [-0.25, -0.2) is 9.97 Å². The van der Waals surface area contributed by atoms with Crippen LogP contribution in [0.15, 0.2) is 36.7 Å². The third-order valence-electron chi connectivity index (χ3n) is 4.21. The molecule has 2 aromatic rings. The summed E-state index contributed by atoms with van der Waals surface area (Å²) in [7, 11) is 0. The lowest BCUT2D eigenvalue weighted by Crippen LogP contribution is -2.50. The van der Waals surface area contributed by atoms with Crippen molar-refractivity contribution in [3.8, 4) is 0 Å². The quantitative estimate of drug-likeness (QED) is 0.923. The molecule has 2 amide bonds. The van der Waals surface area contributed by atoms with Gasteiger partial charge in [0.15, 0.2) is 0 Å². The van der Waals surface area contributed by atoms with Crippen molar-refractivity contribution in [3.63, 3.8) is 0 Å². The van der Waals surface area contributed by atoms with Crippen LogP contribution in [-0.4, -0.2) is 57.8 Å². The molecule has 0 unspecified atom stereocenters. The first-order valence-corrected chi connectivity index (χ1v) is 8.23. The van der Waals surface area contributed by atoms with Crippen molar-refractivity contribution in [1.29, 1.82) is 0 Å². The number of aromatic nitrogens is 2. The average molecular weight is 339 g/mol. The van der Waals surface area contributed by atoms with Crippen LogP contribution in [-0.2, 0) is 4.79 Å². The number of benzene rings is 1. The third-order valence-corrected chi connectivity index (χ3v) is 4.21. The molecule has 2 heterocycles. The largest absolute Gasteiger partial charge is 0.339 e. The summed E-state index contributed by atoms with van der Waals surface area (Å²) >= 11 is 0. The second-order valence-corrected chi connectivity index (χ2v) is 6.08. The van der Waals surface area contributed by atoms with E-state index >= 15 is 0 Å². The van der Waals surface area contributed by atoms with Crippen LogP contribution in [0, 0.1) is 6.92 Å². The van der Waals surface area contributed by atoms with Crippen molar-refractivity contribution in [2.45, 2.75) is 13.8 Å². The number of hydrogen-bond donors (Lipinski definition) is 1. The molecule has 1 N–H and O–H groups in total. The van der Waals surface area contributed by atoms with Gasteiger partial charge in [-0.2, -0.15) is 0 Å². The normalized spacial score (nSPS) is 14.3. The zero-order valence-electron chi connectivity index (χ0n) is 14.4. The Labute approximate surface area is 146 Å². The summed E-state index contributed by atoms with van der Waals surface area (Å²) in [6, 6.07) is 7.94. The van der Waals surface area contributed by atoms with E-state index < -0.39 is 0 Å². The third kappa shape index (κ3) is 4.12. The summed E-state index contributed by atoms with van der Waals surface area (Å²) in [5.41, 5.74) is 2.41. The van der Waals surface area contributed by atoms with E-state index in [0.29, 0.717) is 37.7 Å². The molecular formula is C18H21N5O2. The van der Waals surface area contributed by atoms with Gasteiger partial charge in [0.05, 0.1) is 12.4 Å². The molecule has 1 aromatic carbocycles. The summed E-state index contributed by atoms with van der Waals surface area (Å²) in [5, 5.41) is 3.15. The highest BCUT2D eigenvalue weighted by molar-refractivity contribution is 5.92. The predicted molar refractivity (Wildman–Crippen MR) is 94.7 cm³/mol. The minimum atomic E-state index is -0.155. The first-order valence-electron chi connectivity index (χ1n) is 8.23. The fourth-order valence-corrected chi connectivity index (χ4v) is 2.67. The number of carbonyl (C=O) groups excluding carboxylic acids is 2. The second-order valence-electron chi connectivity index (χ2n) is 6.08. The molecule has 7 nitrogen and oxygen atoms in total. The Hall–Kier alpha value is -2.96. The van der Waals surface area contributed by atoms with Gasteiger partial charge in [0.1, 0.15) is 11.5 Å². The number of nitrogens with one attached hydrogen (secondary N) is 1. The van der Waals surface area contributed by atoms with Gasteiger partial charge in [0, 0.05) is 38.8 Å². The second kappa shape index (κ2) is 7.29. The van der Waals surface area contributed by atoms with Crippen molar-refractivity contribution < 1.29 is 9.59 Å². The zero-order chi connectivity index (χ0) is 17.8. The maximum atomic E-state index is 12.5. The molecule has 0 bridgehead atoms.